The first-order valence-corrected chi connectivity index (χ1v) is 12.8. The fourth-order valence-electron chi connectivity index (χ4n) is 4.43. The number of aryl methyl sites for hydroxylation is 1. The van der Waals surface area contributed by atoms with Gasteiger partial charge < -0.3 is 23.6 Å². The Morgan fingerprint density at radius 1 is 1.16 bits per heavy atom. The molecule has 190 valence electrons. The third kappa shape index (κ3) is 4.98. The van der Waals surface area contributed by atoms with Crippen LogP contribution in [0.2, 0.25) is 0 Å². The molecular weight excluding hydrogens is 486 g/mol. The van der Waals surface area contributed by atoms with Crippen LogP contribution < -0.4 is 14.2 Å². The maximum absolute atomic E-state index is 5.73. The van der Waals surface area contributed by atoms with Crippen molar-refractivity contribution in [3.8, 4) is 23.3 Å². The molecule has 0 bridgehead atoms. The van der Waals surface area contributed by atoms with Crippen LogP contribution in [0.1, 0.15) is 36.2 Å². The highest BCUT2D eigenvalue weighted by Crippen LogP contribution is 2.38. The molecule has 0 saturated heterocycles. The van der Waals surface area contributed by atoms with Crippen molar-refractivity contribution in [2.24, 2.45) is 0 Å². The van der Waals surface area contributed by atoms with Gasteiger partial charge in [0.25, 0.3) is 0 Å². The topological polar surface area (TPSA) is 77.6 Å². The Bertz CT molecular complexity index is 1500. The van der Waals surface area contributed by atoms with E-state index < -0.39 is 0 Å². The molecule has 5 rings (SSSR count). The van der Waals surface area contributed by atoms with E-state index in [9.17, 15) is 0 Å². The van der Waals surface area contributed by atoms with Crippen LogP contribution >= 0.6 is 11.9 Å². The summed E-state index contributed by atoms with van der Waals surface area (Å²) in [5.74, 6) is 8.02. The number of rotatable bonds is 9. The summed E-state index contributed by atoms with van der Waals surface area (Å²) in [4.78, 5) is 3.12. The van der Waals surface area contributed by atoms with E-state index in [1.807, 2.05) is 29.8 Å². The zero-order chi connectivity index (χ0) is 25.9. The van der Waals surface area contributed by atoms with Gasteiger partial charge in [0.15, 0.2) is 11.4 Å². The molecule has 0 unspecified atom stereocenters. The summed E-state index contributed by atoms with van der Waals surface area (Å²) in [6, 6.07) is 10.2. The third-order valence-corrected chi connectivity index (χ3v) is 7.17. The van der Waals surface area contributed by atoms with Crippen molar-refractivity contribution in [1.29, 1.82) is 0 Å². The van der Waals surface area contributed by atoms with Crippen molar-refractivity contribution < 1.29 is 14.0 Å². The van der Waals surface area contributed by atoms with Gasteiger partial charge in [0.05, 0.1) is 43.6 Å². The molecule has 0 fully saturated rings. The first-order valence-electron chi connectivity index (χ1n) is 12.0. The largest absolute Gasteiger partial charge is 0.496 e. The molecule has 37 heavy (non-hydrogen) atoms. The lowest BCUT2D eigenvalue weighted by molar-refractivity contribution is 0.371. The molecule has 0 aliphatic carbocycles. The number of methoxy groups -OCH3 is 2. The molecule has 2 aromatic heterocycles. The summed E-state index contributed by atoms with van der Waals surface area (Å²) in [6.07, 6.45) is 3.03. The summed E-state index contributed by atoms with van der Waals surface area (Å²) in [5, 5.41) is 9.85. The van der Waals surface area contributed by atoms with Gasteiger partial charge in [-0.05, 0) is 60.7 Å². The molecule has 0 spiro atoms. The first-order chi connectivity index (χ1) is 18.0. The molecular formula is C28H29N5O3S. The molecule has 4 aromatic rings. The van der Waals surface area contributed by atoms with Gasteiger partial charge in [-0.1, -0.05) is 36.6 Å². The van der Waals surface area contributed by atoms with Gasteiger partial charge >= 0.3 is 0 Å². The van der Waals surface area contributed by atoms with Crippen molar-refractivity contribution in [2.75, 3.05) is 18.9 Å². The van der Waals surface area contributed by atoms with Crippen molar-refractivity contribution in [2.45, 2.75) is 44.8 Å². The minimum Gasteiger partial charge on any atom is -0.496 e. The van der Waals surface area contributed by atoms with Crippen LogP contribution in [0.5, 0.6) is 11.5 Å². The summed E-state index contributed by atoms with van der Waals surface area (Å²) in [5.41, 5.74) is 5.96. The van der Waals surface area contributed by atoms with E-state index in [4.69, 9.17) is 19.1 Å². The van der Waals surface area contributed by atoms with E-state index in [-0.39, 0.29) is 0 Å². The molecule has 2 aromatic carbocycles. The lowest BCUT2D eigenvalue weighted by Gasteiger charge is -2.16. The molecule has 0 saturated carbocycles. The van der Waals surface area contributed by atoms with Crippen LogP contribution in [0, 0.1) is 11.8 Å². The number of nitrogens with one attached hydrogen (secondary N) is 1. The van der Waals surface area contributed by atoms with E-state index in [1.165, 1.54) is 23.1 Å². The first kappa shape index (κ1) is 24.7. The second kappa shape index (κ2) is 10.5. The van der Waals surface area contributed by atoms with Crippen LogP contribution in [0.3, 0.4) is 0 Å². The highest BCUT2D eigenvalue weighted by atomic mass is 32.2. The summed E-state index contributed by atoms with van der Waals surface area (Å²) >= 11 is 1.43. The second-order valence-corrected chi connectivity index (χ2v) is 9.57. The van der Waals surface area contributed by atoms with E-state index in [1.54, 1.807) is 14.2 Å². The number of hydrogen-bond acceptors (Lipinski definition) is 8. The molecule has 0 atom stereocenters. The Morgan fingerprint density at radius 2 is 2.00 bits per heavy atom. The lowest BCUT2D eigenvalue weighted by Crippen LogP contribution is -2.15. The molecule has 8 nitrogen and oxygen atoms in total. The standard InChI is InChI=1S/C28H29N5O3S/c1-6-8-18(3)32-15-21-16-33(29-22(21)17-32)14-20-11-24(35-5)27-25(12-20)36-30-28(27)31-37-26-13-19(7-2)9-10-23(26)34-4/h9-13,16H,3,7,14-15,17H2,1-2,4-5H3,(H,30,31). The average molecular weight is 516 g/mol. The Hall–Kier alpha value is -4.03. The molecule has 1 N–H and O–H groups in total. The highest BCUT2D eigenvalue weighted by Gasteiger charge is 2.23. The maximum atomic E-state index is 5.73. The van der Waals surface area contributed by atoms with E-state index in [0.29, 0.717) is 23.7 Å². The van der Waals surface area contributed by atoms with E-state index in [2.05, 4.69) is 58.5 Å². The predicted octanol–water partition coefficient (Wildman–Crippen LogP) is 5.62. The number of benzene rings is 2. The number of nitrogens with zero attached hydrogens (tertiary/aromatic N) is 4. The van der Waals surface area contributed by atoms with Gasteiger partial charge in [-0.25, -0.2) is 0 Å². The van der Waals surface area contributed by atoms with Crippen LogP contribution in [-0.2, 0) is 26.1 Å². The Kier molecular flexibility index (Phi) is 7.01. The average Bonchev–Trinajstić information content (AvgIpc) is 3.60. The van der Waals surface area contributed by atoms with Gasteiger partial charge in [-0.2, -0.15) is 5.10 Å². The number of fused-ring (bicyclic) bond motifs is 2. The van der Waals surface area contributed by atoms with Crippen molar-refractivity contribution in [3.63, 3.8) is 0 Å². The normalized spacial score (nSPS) is 12.3. The summed E-state index contributed by atoms with van der Waals surface area (Å²) in [7, 11) is 3.32. The molecule has 0 amide bonds. The molecule has 1 aliphatic heterocycles. The third-order valence-electron chi connectivity index (χ3n) is 6.33. The molecule has 1 aliphatic rings. The Balaban J connectivity index is 1.34. The fourth-order valence-corrected chi connectivity index (χ4v) is 5.24. The van der Waals surface area contributed by atoms with Crippen LogP contribution in [-0.4, -0.2) is 34.1 Å². The van der Waals surface area contributed by atoms with E-state index >= 15 is 0 Å². The van der Waals surface area contributed by atoms with Gasteiger partial charge in [-0.3, -0.25) is 4.68 Å². The van der Waals surface area contributed by atoms with Gasteiger partial charge in [0, 0.05) is 18.3 Å². The Labute approximate surface area is 220 Å². The molecule has 3 heterocycles. The van der Waals surface area contributed by atoms with Crippen LogP contribution in [0.15, 0.2) is 58.2 Å². The summed E-state index contributed by atoms with van der Waals surface area (Å²) in [6.45, 7) is 10.1. The maximum Gasteiger partial charge on any atom is 0.191 e. The molecule has 0 radical (unpaired) electrons. The number of allylic oxidation sites excluding steroid dienone is 1. The predicted molar refractivity (Wildman–Crippen MR) is 146 cm³/mol. The number of ether oxygens (including phenoxy) is 2. The van der Waals surface area contributed by atoms with Crippen molar-refractivity contribution in [3.05, 3.63) is 71.2 Å². The zero-order valence-electron chi connectivity index (χ0n) is 21.4. The van der Waals surface area contributed by atoms with Gasteiger partial charge in [-0.15, -0.1) is 0 Å². The fraction of sp³-hybridized carbons (Fsp3) is 0.286. The zero-order valence-corrected chi connectivity index (χ0v) is 22.2. The minimum absolute atomic E-state index is 0.592. The van der Waals surface area contributed by atoms with Crippen LogP contribution in [0.4, 0.5) is 5.82 Å². The Morgan fingerprint density at radius 3 is 2.73 bits per heavy atom. The number of aromatic nitrogens is 3. The highest BCUT2D eigenvalue weighted by molar-refractivity contribution is 8.00. The quantitative estimate of drug-likeness (QED) is 0.227. The van der Waals surface area contributed by atoms with E-state index in [0.717, 1.165) is 52.5 Å². The minimum atomic E-state index is 0.592. The monoisotopic (exact) mass is 515 g/mol. The second-order valence-electron chi connectivity index (χ2n) is 8.72. The SMILES string of the molecule is C=C(C#CC)N1Cc2cn(Cc3cc(OC)c4c(NSc5cc(CC)ccc5OC)noc4c3)nc2C1. The van der Waals surface area contributed by atoms with Gasteiger partial charge in [0.1, 0.15) is 16.9 Å². The van der Waals surface area contributed by atoms with Crippen molar-refractivity contribution in [1.82, 2.24) is 19.8 Å². The lowest BCUT2D eigenvalue weighted by atomic mass is 10.1. The molecule has 9 heteroatoms. The van der Waals surface area contributed by atoms with Crippen LogP contribution in [0.25, 0.3) is 11.0 Å². The number of anilines is 1. The van der Waals surface area contributed by atoms with Gasteiger partial charge in [0.2, 0.25) is 0 Å². The van der Waals surface area contributed by atoms with Crippen molar-refractivity contribution >= 4 is 28.7 Å². The summed E-state index contributed by atoms with van der Waals surface area (Å²) < 4.78 is 22.2. The smallest absolute Gasteiger partial charge is 0.191 e. The number of hydrogen-bond donors (Lipinski definition) is 1.